The summed E-state index contributed by atoms with van der Waals surface area (Å²) in [4.78, 5) is 3.08. The van der Waals surface area contributed by atoms with Crippen LogP contribution in [0.1, 0.15) is 0 Å². The van der Waals surface area contributed by atoms with Crippen molar-refractivity contribution in [1.29, 1.82) is 0 Å². The van der Waals surface area contributed by atoms with Crippen LogP contribution in [0.2, 0.25) is 0 Å². The first-order valence-corrected chi connectivity index (χ1v) is 2.68. The van der Waals surface area contributed by atoms with Crippen molar-refractivity contribution in [2.75, 3.05) is 0 Å². The lowest BCUT2D eigenvalue weighted by atomic mass is 10.3. The zero-order valence-corrected chi connectivity index (χ0v) is 5.14. The van der Waals surface area contributed by atoms with Gasteiger partial charge in [0.25, 0.3) is 6.43 Å². The zero-order valence-electron chi connectivity index (χ0n) is 5.14. The monoisotopic (exact) mass is 167 g/mol. The van der Waals surface area contributed by atoms with Gasteiger partial charge in [-0.05, 0) is 0 Å². The fraction of sp³-hybridized carbons (Fsp3) is 0.600. The molecule has 0 aromatic heterocycles. The lowest BCUT2D eigenvalue weighted by Gasteiger charge is -2.11. The molecule has 1 heterocycles. The topological polar surface area (TPSA) is 15.6 Å². The number of hydrogen-bond donors (Lipinski definition) is 0. The molecule has 11 heavy (non-hydrogen) atoms. The van der Waals surface area contributed by atoms with E-state index in [9.17, 15) is 17.6 Å². The number of hydrogen-bond acceptors (Lipinski definition) is 2. The van der Waals surface area contributed by atoms with Crippen LogP contribution in [0.25, 0.3) is 0 Å². The molecule has 3 radical (unpaired) electrons. The van der Waals surface area contributed by atoms with E-state index in [4.69, 9.17) is 0 Å². The Morgan fingerprint density at radius 3 is 2.18 bits per heavy atom. The highest BCUT2D eigenvalue weighted by Crippen LogP contribution is 2.18. The molecule has 0 saturated carbocycles. The summed E-state index contributed by atoms with van der Waals surface area (Å²) in [5, 5.41) is 0. The minimum Gasteiger partial charge on any atom is -0.284 e. The summed E-state index contributed by atoms with van der Waals surface area (Å²) >= 11 is 0. The van der Waals surface area contributed by atoms with Crippen LogP contribution in [-0.4, -0.2) is 30.3 Å². The van der Waals surface area contributed by atoms with Crippen LogP contribution in [0.4, 0.5) is 17.6 Å². The third kappa shape index (κ3) is 1.81. The molecule has 1 atom stereocenters. The molecule has 1 aliphatic heterocycles. The van der Waals surface area contributed by atoms with Gasteiger partial charge in [-0.2, -0.15) is 8.78 Å². The maximum atomic E-state index is 11.7. The Morgan fingerprint density at radius 1 is 1.27 bits per heavy atom. The van der Waals surface area contributed by atoms with Gasteiger partial charge >= 0.3 is 6.55 Å². The van der Waals surface area contributed by atoms with Crippen molar-refractivity contribution in [3.05, 3.63) is 6.54 Å². The molecule has 0 N–H and O–H groups in total. The van der Waals surface area contributed by atoms with Gasteiger partial charge in [0.2, 0.25) is 0 Å². The summed E-state index contributed by atoms with van der Waals surface area (Å²) in [5.74, 6) is 0. The molecule has 0 amide bonds. The van der Waals surface area contributed by atoms with Crippen molar-refractivity contribution in [2.45, 2.75) is 19.0 Å². The molecule has 2 nitrogen and oxygen atoms in total. The molecule has 0 fully saturated rings. The second-order valence-corrected chi connectivity index (χ2v) is 1.79. The van der Waals surface area contributed by atoms with Crippen LogP contribution in [-0.2, 0) is 0 Å². The highest BCUT2D eigenvalue weighted by atomic mass is 19.3. The van der Waals surface area contributed by atoms with Gasteiger partial charge in [-0.3, -0.25) is 9.89 Å². The molecular formula is C5H3F4N2. The highest BCUT2D eigenvalue weighted by molar-refractivity contribution is 5.59. The van der Waals surface area contributed by atoms with Gasteiger partial charge < -0.3 is 0 Å². The molecule has 1 unspecified atom stereocenters. The summed E-state index contributed by atoms with van der Waals surface area (Å²) in [7, 11) is 0. The molecular weight excluding hydrogens is 164 g/mol. The Labute approximate surface area is 60.5 Å². The minimum atomic E-state index is -2.90. The standard InChI is InChI=1S/C5H3F4N2/c6-4(7)3-1-11(2-10-3)5(8)9/h3-5H. The van der Waals surface area contributed by atoms with Crippen LogP contribution in [0.15, 0.2) is 4.99 Å². The normalized spacial score (nSPS) is 24.2. The van der Waals surface area contributed by atoms with E-state index < -0.39 is 19.0 Å². The van der Waals surface area contributed by atoms with E-state index in [1.807, 2.05) is 0 Å². The van der Waals surface area contributed by atoms with Crippen molar-refractivity contribution < 1.29 is 17.6 Å². The lowest BCUT2D eigenvalue weighted by molar-refractivity contribution is 0.0360. The van der Waals surface area contributed by atoms with E-state index in [0.717, 1.165) is 0 Å². The number of nitrogens with zero attached hydrogens (tertiary/aromatic N) is 2. The maximum absolute atomic E-state index is 11.7. The molecule has 0 spiro atoms. The second kappa shape index (κ2) is 3.06. The summed E-state index contributed by atoms with van der Waals surface area (Å²) in [6.07, 6.45) is -1.10. The van der Waals surface area contributed by atoms with E-state index in [2.05, 4.69) is 4.99 Å². The quantitative estimate of drug-likeness (QED) is 0.444. The zero-order chi connectivity index (χ0) is 8.43. The molecule has 0 saturated heterocycles. The molecule has 0 aliphatic carbocycles. The molecule has 61 valence electrons. The van der Waals surface area contributed by atoms with Gasteiger partial charge in [-0.25, -0.2) is 8.78 Å². The molecule has 0 aromatic rings. The van der Waals surface area contributed by atoms with Crippen LogP contribution in [0.3, 0.4) is 0 Å². The molecule has 0 bridgehead atoms. The van der Waals surface area contributed by atoms with Crippen molar-refractivity contribution in [2.24, 2.45) is 4.99 Å². The van der Waals surface area contributed by atoms with Gasteiger partial charge in [-0.15, -0.1) is 0 Å². The Bertz CT molecular complexity index is 143. The van der Waals surface area contributed by atoms with Gasteiger partial charge in [0.1, 0.15) is 12.6 Å². The van der Waals surface area contributed by atoms with Crippen LogP contribution >= 0.6 is 0 Å². The highest BCUT2D eigenvalue weighted by Gasteiger charge is 2.31. The SMILES string of the molecule is FC(F)C1[C]N(C(F)F)[C]=N1. The van der Waals surface area contributed by atoms with E-state index in [1.54, 1.807) is 12.9 Å². The number of halogens is 4. The van der Waals surface area contributed by atoms with Gasteiger partial charge in [-0.1, -0.05) is 0 Å². The lowest BCUT2D eigenvalue weighted by Crippen LogP contribution is -2.25. The summed E-state index contributed by atoms with van der Waals surface area (Å²) in [5.41, 5.74) is 0. The molecule has 1 aliphatic rings. The van der Waals surface area contributed by atoms with Crippen LogP contribution in [0.5, 0.6) is 0 Å². The van der Waals surface area contributed by atoms with Crippen molar-refractivity contribution in [3.63, 3.8) is 0 Å². The van der Waals surface area contributed by atoms with Crippen molar-refractivity contribution in [3.8, 4) is 0 Å². The van der Waals surface area contributed by atoms with Gasteiger partial charge in [0, 0.05) is 0 Å². The number of aliphatic imine (C=N–C) groups is 1. The molecule has 0 aromatic carbocycles. The van der Waals surface area contributed by atoms with Gasteiger partial charge in [0.15, 0.2) is 6.34 Å². The fourth-order valence-corrected chi connectivity index (χ4v) is 0.537. The summed E-state index contributed by atoms with van der Waals surface area (Å²) in [6, 6.07) is -1.59. The number of alkyl halides is 4. The van der Waals surface area contributed by atoms with Crippen molar-refractivity contribution >= 4 is 6.34 Å². The van der Waals surface area contributed by atoms with Crippen LogP contribution in [0, 0.1) is 6.54 Å². The number of rotatable bonds is 2. The third-order valence-electron chi connectivity index (χ3n) is 1.01. The predicted molar refractivity (Wildman–Crippen MR) is 28.3 cm³/mol. The fourth-order valence-electron chi connectivity index (χ4n) is 0.537. The van der Waals surface area contributed by atoms with Crippen molar-refractivity contribution in [1.82, 2.24) is 4.90 Å². The largest absolute Gasteiger partial charge is 0.317 e. The Morgan fingerprint density at radius 2 is 1.91 bits per heavy atom. The second-order valence-electron chi connectivity index (χ2n) is 1.79. The Balaban J connectivity index is 2.43. The van der Waals surface area contributed by atoms with E-state index in [-0.39, 0.29) is 4.90 Å². The van der Waals surface area contributed by atoms with E-state index in [1.165, 1.54) is 0 Å². The van der Waals surface area contributed by atoms with E-state index >= 15 is 0 Å². The molecule has 6 heteroatoms. The van der Waals surface area contributed by atoms with E-state index in [0.29, 0.717) is 0 Å². The van der Waals surface area contributed by atoms with Gasteiger partial charge in [0.05, 0.1) is 0 Å². The Kier molecular flexibility index (Phi) is 2.31. The maximum Gasteiger partial charge on any atom is 0.317 e. The predicted octanol–water partition coefficient (Wildman–Crippen LogP) is 1.10. The first-order chi connectivity index (χ1) is 5.11. The third-order valence-corrected chi connectivity index (χ3v) is 1.01. The average Bonchev–Trinajstić information content (AvgIpc) is 2.33. The average molecular weight is 167 g/mol. The first-order valence-electron chi connectivity index (χ1n) is 2.68. The smallest absolute Gasteiger partial charge is 0.284 e. The minimum absolute atomic E-state index is 0.108. The summed E-state index contributed by atoms with van der Waals surface area (Å²) < 4.78 is 46.8. The first kappa shape index (κ1) is 8.29. The van der Waals surface area contributed by atoms with Crippen LogP contribution < -0.4 is 0 Å². The summed E-state index contributed by atoms with van der Waals surface area (Å²) in [6.45, 7) is -1.16. The Hall–Kier alpha value is -0.810. The molecule has 1 rings (SSSR count).